The Hall–Kier alpha value is -2.12. The fourth-order valence-electron chi connectivity index (χ4n) is 3.17. The number of primary amides is 1. The molecule has 0 unspecified atom stereocenters. The summed E-state index contributed by atoms with van der Waals surface area (Å²) in [5, 5.41) is 0.822. The molecule has 0 radical (unpaired) electrons. The number of amides is 1. The Morgan fingerprint density at radius 3 is 2.55 bits per heavy atom. The standard InChI is InChI=1S/C20H22BrN2O5P/c21-20-17(12-19(22)24)16-11-15(28-9-4-10-29(25,26)27)7-8-18(16)23(20)13-14-5-2-1-3-6-14/h1-3,5-8,11H,4,9-10,12-13H2,(H2,22,24)(H2,25,26,27)/p-2. The zero-order valence-corrected chi connectivity index (χ0v) is 18.0. The van der Waals surface area contributed by atoms with Crippen molar-refractivity contribution in [2.75, 3.05) is 12.8 Å². The molecule has 1 heterocycles. The smallest absolute Gasteiger partial charge is 0.221 e. The summed E-state index contributed by atoms with van der Waals surface area (Å²) in [5.74, 6) is 0.0802. The molecule has 0 aliphatic rings. The molecule has 3 aromatic rings. The van der Waals surface area contributed by atoms with Gasteiger partial charge in [0.15, 0.2) is 0 Å². The van der Waals surface area contributed by atoms with Crippen LogP contribution in [-0.4, -0.2) is 23.2 Å². The van der Waals surface area contributed by atoms with E-state index in [4.69, 9.17) is 10.5 Å². The van der Waals surface area contributed by atoms with Gasteiger partial charge < -0.3 is 29.4 Å². The number of rotatable bonds is 9. The molecule has 29 heavy (non-hydrogen) atoms. The molecule has 3 rings (SSSR count). The van der Waals surface area contributed by atoms with Gasteiger partial charge in [-0.2, -0.15) is 0 Å². The average molecular weight is 479 g/mol. The Kier molecular flexibility index (Phi) is 6.80. The number of halogens is 1. The summed E-state index contributed by atoms with van der Waals surface area (Å²) in [6.07, 6.45) is -0.256. The van der Waals surface area contributed by atoms with Crippen LogP contribution in [0.25, 0.3) is 10.9 Å². The highest BCUT2D eigenvalue weighted by molar-refractivity contribution is 9.10. The van der Waals surface area contributed by atoms with Gasteiger partial charge in [-0.05, 0) is 52.3 Å². The van der Waals surface area contributed by atoms with E-state index >= 15 is 0 Å². The van der Waals surface area contributed by atoms with Crippen molar-refractivity contribution in [2.45, 2.75) is 19.4 Å². The summed E-state index contributed by atoms with van der Waals surface area (Å²) in [5.41, 5.74) is 8.22. The van der Waals surface area contributed by atoms with E-state index in [-0.39, 0.29) is 19.4 Å². The summed E-state index contributed by atoms with van der Waals surface area (Å²) < 4.78 is 19.1. The molecule has 7 nitrogen and oxygen atoms in total. The molecule has 0 bridgehead atoms. The number of hydrogen-bond donors (Lipinski definition) is 1. The van der Waals surface area contributed by atoms with Crippen molar-refractivity contribution in [1.29, 1.82) is 0 Å². The van der Waals surface area contributed by atoms with Crippen molar-refractivity contribution in [2.24, 2.45) is 5.73 Å². The Morgan fingerprint density at radius 2 is 1.90 bits per heavy atom. The van der Waals surface area contributed by atoms with Gasteiger partial charge in [0.25, 0.3) is 0 Å². The molecule has 1 amide bonds. The van der Waals surface area contributed by atoms with Crippen LogP contribution >= 0.6 is 23.5 Å². The largest absolute Gasteiger partial charge is 0.811 e. The lowest BCUT2D eigenvalue weighted by molar-refractivity contribution is -0.313. The van der Waals surface area contributed by atoms with Gasteiger partial charge in [0.05, 0.1) is 17.6 Å². The second-order valence-electron chi connectivity index (χ2n) is 6.70. The van der Waals surface area contributed by atoms with Crippen LogP contribution in [0.3, 0.4) is 0 Å². The SMILES string of the molecule is NC(=O)Cc1c(Br)n(Cc2ccccc2)c2ccc(OCCCP(=O)([O-])[O-])cc12. The number of aromatic nitrogens is 1. The number of carbonyl (C=O) groups is 1. The quantitative estimate of drug-likeness (QED) is 0.373. The summed E-state index contributed by atoms with van der Waals surface area (Å²) in [6.45, 7) is 0.718. The lowest BCUT2D eigenvalue weighted by atomic mass is 10.1. The Balaban J connectivity index is 1.91. The number of benzene rings is 2. The second kappa shape index (κ2) is 9.13. The highest BCUT2D eigenvalue weighted by Crippen LogP contribution is 2.34. The van der Waals surface area contributed by atoms with Crippen LogP contribution in [0.15, 0.2) is 53.1 Å². The van der Waals surface area contributed by atoms with Gasteiger partial charge in [0.1, 0.15) is 5.75 Å². The number of fused-ring (bicyclic) bond motifs is 1. The molecular weight excluding hydrogens is 459 g/mol. The fraction of sp³-hybridized carbons (Fsp3) is 0.250. The van der Waals surface area contributed by atoms with Crippen LogP contribution < -0.4 is 20.3 Å². The van der Waals surface area contributed by atoms with Gasteiger partial charge in [0.2, 0.25) is 5.91 Å². The van der Waals surface area contributed by atoms with Gasteiger partial charge in [0, 0.05) is 23.0 Å². The van der Waals surface area contributed by atoms with E-state index in [1.165, 1.54) is 0 Å². The van der Waals surface area contributed by atoms with Crippen molar-refractivity contribution in [3.63, 3.8) is 0 Å². The molecule has 2 N–H and O–H groups in total. The molecule has 0 fully saturated rings. The summed E-state index contributed by atoms with van der Waals surface area (Å²) >= 11 is 3.60. The van der Waals surface area contributed by atoms with E-state index in [2.05, 4.69) is 20.5 Å². The minimum Gasteiger partial charge on any atom is -0.811 e. The number of hydrogen-bond acceptors (Lipinski definition) is 5. The molecule has 0 saturated heterocycles. The third-order valence-electron chi connectivity index (χ3n) is 4.45. The van der Waals surface area contributed by atoms with Crippen LogP contribution in [0.2, 0.25) is 0 Å². The van der Waals surface area contributed by atoms with E-state index in [0.717, 1.165) is 26.6 Å². The van der Waals surface area contributed by atoms with E-state index in [1.54, 1.807) is 12.1 Å². The van der Waals surface area contributed by atoms with E-state index < -0.39 is 19.7 Å². The second-order valence-corrected chi connectivity index (χ2v) is 9.12. The lowest BCUT2D eigenvalue weighted by Gasteiger charge is -2.29. The normalized spacial score (nSPS) is 11.7. The maximum atomic E-state index is 11.6. The van der Waals surface area contributed by atoms with E-state index in [9.17, 15) is 19.1 Å². The first-order valence-corrected chi connectivity index (χ1v) is 11.5. The third kappa shape index (κ3) is 5.70. The van der Waals surface area contributed by atoms with Gasteiger partial charge in [-0.25, -0.2) is 0 Å². The summed E-state index contributed by atoms with van der Waals surface area (Å²) in [6, 6.07) is 15.4. The minimum atomic E-state index is -4.53. The number of ether oxygens (including phenoxy) is 1. The number of nitrogens with two attached hydrogens (primary N) is 1. The van der Waals surface area contributed by atoms with E-state index in [1.807, 2.05) is 36.4 Å². The molecule has 0 atom stereocenters. The van der Waals surface area contributed by atoms with Crippen molar-refractivity contribution >= 4 is 40.3 Å². The number of nitrogens with zero attached hydrogens (tertiary/aromatic N) is 1. The average Bonchev–Trinajstić information content (AvgIpc) is 2.90. The zero-order valence-electron chi connectivity index (χ0n) is 15.5. The Bertz CT molecular complexity index is 1060. The molecule has 0 aliphatic carbocycles. The van der Waals surface area contributed by atoms with Crippen LogP contribution in [0.1, 0.15) is 17.5 Å². The Labute approximate surface area is 176 Å². The van der Waals surface area contributed by atoms with Gasteiger partial charge in [-0.15, -0.1) is 0 Å². The topological polar surface area (TPSA) is 120 Å². The molecule has 154 valence electrons. The van der Waals surface area contributed by atoms with Crippen molar-refractivity contribution in [1.82, 2.24) is 4.57 Å². The van der Waals surface area contributed by atoms with Crippen LogP contribution in [0.5, 0.6) is 5.75 Å². The zero-order chi connectivity index (χ0) is 21.0. The lowest BCUT2D eigenvalue weighted by Crippen LogP contribution is -2.18. The first kappa shape index (κ1) is 21.6. The van der Waals surface area contributed by atoms with Crippen molar-refractivity contribution in [3.05, 3.63) is 64.3 Å². The monoisotopic (exact) mass is 478 g/mol. The molecule has 0 aliphatic heterocycles. The van der Waals surface area contributed by atoms with Gasteiger partial charge >= 0.3 is 0 Å². The van der Waals surface area contributed by atoms with Crippen LogP contribution in [-0.2, 0) is 22.3 Å². The van der Waals surface area contributed by atoms with Crippen LogP contribution in [0, 0.1) is 0 Å². The first-order valence-electron chi connectivity index (χ1n) is 9.01. The highest BCUT2D eigenvalue weighted by Gasteiger charge is 2.18. The molecule has 2 aromatic carbocycles. The highest BCUT2D eigenvalue weighted by atomic mass is 79.9. The predicted octanol–water partition coefficient (Wildman–Crippen LogP) is 2.16. The summed E-state index contributed by atoms with van der Waals surface area (Å²) in [4.78, 5) is 33.0. The Morgan fingerprint density at radius 1 is 1.17 bits per heavy atom. The van der Waals surface area contributed by atoms with Gasteiger partial charge in [-0.1, -0.05) is 37.9 Å². The molecule has 1 aromatic heterocycles. The third-order valence-corrected chi connectivity index (χ3v) is 6.22. The first-order chi connectivity index (χ1) is 13.7. The number of carbonyl (C=O) groups excluding carboxylic acids is 1. The van der Waals surface area contributed by atoms with Gasteiger partial charge in [-0.3, -0.25) is 4.79 Å². The van der Waals surface area contributed by atoms with E-state index in [0.29, 0.717) is 12.3 Å². The molecular formula is C20H20BrN2O5P-2. The molecule has 0 saturated carbocycles. The summed E-state index contributed by atoms with van der Waals surface area (Å²) in [7, 11) is -4.53. The maximum absolute atomic E-state index is 11.6. The van der Waals surface area contributed by atoms with Crippen molar-refractivity contribution in [3.8, 4) is 5.75 Å². The minimum absolute atomic E-state index is 0.0673. The molecule has 9 heteroatoms. The fourth-order valence-corrected chi connectivity index (χ4v) is 4.36. The van der Waals surface area contributed by atoms with Crippen LogP contribution in [0.4, 0.5) is 0 Å². The van der Waals surface area contributed by atoms with Crippen molar-refractivity contribution < 1.29 is 23.9 Å². The molecule has 0 spiro atoms. The predicted molar refractivity (Wildman–Crippen MR) is 111 cm³/mol. The maximum Gasteiger partial charge on any atom is 0.221 e.